The summed E-state index contributed by atoms with van der Waals surface area (Å²) in [4.78, 5) is 1.51. The van der Waals surface area contributed by atoms with Crippen LogP contribution in [0.2, 0.25) is 0 Å². The third-order valence-corrected chi connectivity index (χ3v) is 4.59. The Kier molecular flexibility index (Phi) is 8.31. The number of hydrogen-bond acceptors (Lipinski definition) is 3. The molecule has 1 rings (SSSR count). The molecular weight excluding hydrogens is 240 g/mol. The fourth-order valence-corrected chi connectivity index (χ4v) is 3.29. The number of hydrogen-bond donors (Lipinski definition) is 2. The minimum Gasteiger partial charge on any atom is -0.330 e. The Balaban J connectivity index is 2.11. The summed E-state index contributed by atoms with van der Waals surface area (Å²) in [6, 6.07) is 2.25. The van der Waals surface area contributed by atoms with E-state index in [4.69, 9.17) is 5.73 Å². The molecule has 0 saturated heterocycles. The third-order valence-electron chi connectivity index (χ3n) is 3.62. The molecule has 0 aromatic carbocycles. The average molecular weight is 268 g/mol. The predicted octanol–water partition coefficient (Wildman–Crippen LogP) is 3.56. The molecule has 1 unspecified atom stereocenters. The van der Waals surface area contributed by atoms with Gasteiger partial charge in [0.05, 0.1) is 0 Å². The second-order valence-corrected chi connectivity index (χ2v) is 5.89. The summed E-state index contributed by atoms with van der Waals surface area (Å²) in [5.41, 5.74) is 7.12. The van der Waals surface area contributed by atoms with Crippen molar-refractivity contribution in [2.75, 3.05) is 13.1 Å². The van der Waals surface area contributed by atoms with Crippen molar-refractivity contribution in [1.29, 1.82) is 0 Å². The lowest BCUT2D eigenvalue weighted by molar-refractivity contribution is 0.422. The van der Waals surface area contributed by atoms with Crippen LogP contribution in [0.1, 0.15) is 50.0 Å². The zero-order valence-electron chi connectivity index (χ0n) is 11.9. The van der Waals surface area contributed by atoms with Crippen LogP contribution < -0.4 is 11.1 Å². The minimum absolute atomic E-state index is 0.824. The maximum Gasteiger partial charge on any atom is 0.0302 e. The van der Waals surface area contributed by atoms with Crippen molar-refractivity contribution in [1.82, 2.24) is 5.32 Å². The first-order valence-corrected chi connectivity index (χ1v) is 8.15. The smallest absolute Gasteiger partial charge is 0.0302 e. The Bertz CT molecular complexity index is 309. The van der Waals surface area contributed by atoms with E-state index in [1.807, 2.05) is 11.3 Å². The molecule has 3 heteroatoms. The molecule has 1 heterocycles. The molecule has 0 radical (unpaired) electrons. The molecule has 0 saturated carbocycles. The van der Waals surface area contributed by atoms with Gasteiger partial charge in [0.2, 0.25) is 0 Å². The van der Waals surface area contributed by atoms with Gasteiger partial charge in [-0.2, -0.15) is 0 Å². The van der Waals surface area contributed by atoms with E-state index in [1.54, 1.807) is 0 Å². The predicted molar refractivity (Wildman–Crippen MR) is 82.1 cm³/mol. The van der Waals surface area contributed by atoms with Crippen LogP contribution in [-0.2, 0) is 13.0 Å². The molecule has 0 aliphatic heterocycles. The highest BCUT2D eigenvalue weighted by Gasteiger charge is 2.05. The Morgan fingerprint density at radius 3 is 2.83 bits per heavy atom. The zero-order chi connectivity index (χ0) is 13.2. The normalized spacial score (nSPS) is 12.8. The summed E-state index contributed by atoms with van der Waals surface area (Å²) >= 11 is 1.87. The topological polar surface area (TPSA) is 38.0 Å². The first kappa shape index (κ1) is 15.7. The van der Waals surface area contributed by atoms with E-state index in [1.165, 1.54) is 36.1 Å². The number of rotatable bonds is 10. The fourth-order valence-electron chi connectivity index (χ4n) is 2.34. The largest absolute Gasteiger partial charge is 0.330 e. The summed E-state index contributed by atoms with van der Waals surface area (Å²) < 4.78 is 0. The highest BCUT2D eigenvalue weighted by atomic mass is 32.1. The van der Waals surface area contributed by atoms with E-state index < -0.39 is 0 Å². The number of nitrogens with one attached hydrogen (secondary N) is 1. The quantitative estimate of drug-likeness (QED) is 0.637. The van der Waals surface area contributed by atoms with Gasteiger partial charge in [-0.1, -0.05) is 20.3 Å². The molecule has 0 bridgehead atoms. The van der Waals surface area contributed by atoms with Gasteiger partial charge in [0, 0.05) is 11.4 Å². The molecule has 0 fully saturated rings. The van der Waals surface area contributed by atoms with Gasteiger partial charge in [-0.25, -0.2) is 0 Å². The Morgan fingerprint density at radius 1 is 1.33 bits per heavy atom. The van der Waals surface area contributed by atoms with Gasteiger partial charge in [0.1, 0.15) is 0 Å². The minimum atomic E-state index is 0.824. The number of nitrogens with two attached hydrogens (primary N) is 1. The van der Waals surface area contributed by atoms with E-state index in [-0.39, 0.29) is 0 Å². The van der Waals surface area contributed by atoms with E-state index in [9.17, 15) is 0 Å². The molecule has 1 aromatic heterocycles. The summed E-state index contributed by atoms with van der Waals surface area (Å²) in [5, 5.41) is 5.76. The maximum absolute atomic E-state index is 5.62. The molecule has 0 amide bonds. The fraction of sp³-hybridized carbons (Fsp3) is 0.733. The van der Waals surface area contributed by atoms with Gasteiger partial charge in [-0.15, -0.1) is 11.3 Å². The second-order valence-electron chi connectivity index (χ2n) is 4.89. The van der Waals surface area contributed by atoms with E-state index >= 15 is 0 Å². The zero-order valence-corrected chi connectivity index (χ0v) is 12.7. The third kappa shape index (κ3) is 5.51. The summed E-state index contributed by atoms with van der Waals surface area (Å²) in [6.45, 7) is 7.49. The van der Waals surface area contributed by atoms with E-state index in [0.717, 1.165) is 32.0 Å². The second kappa shape index (κ2) is 9.54. The molecule has 18 heavy (non-hydrogen) atoms. The summed E-state index contributed by atoms with van der Waals surface area (Å²) in [5.74, 6) is 0.824. The van der Waals surface area contributed by atoms with Gasteiger partial charge in [0.25, 0.3) is 0 Å². The van der Waals surface area contributed by atoms with Crippen LogP contribution in [0, 0.1) is 5.92 Å². The van der Waals surface area contributed by atoms with Crippen molar-refractivity contribution in [2.45, 2.75) is 52.5 Å². The standard InChI is InChI=1S/C15H28N2S/c1-3-13(7-9-16)6-5-10-17-12-15-14(4-2)8-11-18-15/h8,11,13,17H,3-7,9-10,12,16H2,1-2H3. The van der Waals surface area contributed by atoms with Crippen molar-refractivity contribution >= 4 is 11.3 Å². The highest BCUT2D eigenvalue weighted by Crippen LogP contribution is 2.17. The average Bonchev–Trinajstić information content (AvgIpc) is 2.84. The highest BCUT2D eigenvalue weighted by molar-refractivity contribution is 7.10. The summed E-state index contributed by atoms with van der Waals surface area (Å²) in [6.07, 6.45) is 6.18. The van der Waals surface area contributed by atoms with Crippen LogP contribution >= 0.6 is 11.3 Å². The molecule has 0 spiro atoms. The molecule has 0 aliphatic rings. The van der Waals surface area contributed by atoms with Gasteiger partial charge in [-0.05, 0) is 61.7 Å². The number of thiophene rings is 1. The lowest BCUT2D eigenvalue weighted by atomic mass is 9.97. The Hall–Kier alpha value is -0.380. The first-order chi connectivity index (χ1) is 8.81. The van der Waals surface area contributed by atoms with Crippen LogP contribution in [0.15, 0.2) is 11.4 Å². The molecule has 104 valence electrons. The van der Waals surface area contributed by atoms with E-state index in [0.29, 0.717) is 0 Å². The van der Waals surface area contributed by atoms with Gasteiger partial charge in [-0.3, -0.25) is 0 Å². The number of aryl methyl sites for hydroxylation is 1. The van der Waals surface area contributed by atoms with Crippen LogP contribution in [-0.4, -0.2) is 13.1 Å². The lowest BCUT2D eigenvalue weighted by Crippen LogP contribution is -2.16. The summed E-state index contributed by atoms with van der Waals surface area (Å²) in [7, 11) is 0. The van der Waals surface area contributed by atoms with Crippen molar-refractivity contribution in [3.63, 3.8) is 0 Å². The SMILES string of the molecule is CCc1ccsc1CNCCCC(CC)CCN. The van der Waals surface area contributed by atoms with Crippen LogP contribution in [0.5, 0.6) is 0 Å². The molecule has 3 N–H and O–H groups in total. The Labute approximate surface area is 116 Å². The molecular formula is C15H28N2S. The van der Waals surface area contributed by atoms with Crippen molar-refractivity contribution in [3.8, 4) is 0 Å². The monoisotopic (exact) mass is 268 g/mol. The molecule has 2 nitrogen and oxygen atoms in total. The van der Waals surface area contributed by atoms with Gasteiger partial charge < -0.3 is 11.1 Å². The molecule has 1 aromatic rings. The maximum atomic E-state index is 5.62. The van der Waals surface area contributed by atoms with E-state index in [2.05, 4.69) is 30.6 Å². The molecule has 1 atom stereocenters. The van der Waals surface area contributed by atoms with Gasteiger partial charge >= 0.3 is 0 Å². The van der Waals surface area contributed by atoms with Crippen molar-refractivity contribution < 1.29 is 0 Å². The Morgan fingerprint density at radius 2 is 2.17 bits per heavy atom. The molecule has 0 aliphatic carbocycles. The van der Waals surface area contributed by atoms with Crippen LogP contribution in [0.4, 0.5) is 0 Å². The van der Waals surface area contributed by atoms with Gasteiger partial charge in [0.15, 0.2) is 0 Å². The lowest BCUT2D eigenvalue weighted by Gasteiger charge is -2.13. The van der Waals surface area contributed by atoms with Crippen molar-refractivity contribution in [3.05, 3.63) is 21.9 Å². The van der Waals surface area contributed by atoms with Crippen molar-refractivity contribution in [2.24, 2.45) is 11.7 Å². The first-order valence-electron chi connectivity index (χ1n) is 7.27. The van der Waals surface area contributed by atoms with Crippen LogP contribution in [0.25, 0.3) is 0 Å². The van der Waals surface area contributed by atoms with Crippen LogP contribution in [0.3, 0.4) is 0 Å².